The monoisotopic (exact) mass is 371 g/mol. The van der Waals surface area contributed by atoms with Gasteiger partial charge in [-0.05, 0) is 35.9 Å². The van der Waals surface area contributed by atoms with E-state index in [1.807, 2.05) is 24.3 Å². The van der Waals surface area contributed by atoms with Crippen LogP contribution in [0.4, 0.5) is 5.82 Å². The molecule has 0 radical (unpaired) electrons. The average molecular weight is 372 g/mol. The molecule has 26 heavy (non-hydrogen) atoms. The van der Waals surface area contributed by atoms with Gasteiger partial charge in [0.2, 0.25) is 0 Å². The zero-order valence-corrected chi connectivity index (χ0v) is 15.2. The Morgan fingerprint density at radius 1 is 1.12 bits per heavy atom. The summed E-state index contributed by atoms with van der Waals surface area (Å²) in [5, 5.41) is 3.50. The summed E-state index contributed by atoms with van der Waals surface area (Å²) in [4.78, 5) is 16.8. The number of hydrogen-bond acceptors (Lipinski definition) is 5. The molecule has 0 aliphatic heterocycles. The maximum absolute atomic E-state index is 12.7. The minimum atomic E-state index is -0.262. The third-order valence-electron chi connectivity index (χ3n) is 3.87. The van der Waals surface area contributed by atoms with Crippen molar-refractivity contribution in [3.05, 3.63) is 75.8 Å². The van der Waals surface area contributed by atoms with E-state index in [0.717, 1.165) is 11.3 Å². The van der Waals surface area contributed by atoms with Crippen LogP contribution in [0, 0.1) is 0 Å². The maximum atomic E-state index is 12.7. The first-order valence-corrected chi connectivity index (χ1v) is 8.28. The van der Waals surface area contributed by atoms with Crippen molar-refractivity contribution >= 4 is 17.4 Å². The highest BCUT2D eigenvalue weighted by Gasteiger charge is 2.09. The van der Waals surface area contributed by atoms with Gasteiger partial charge in [-0.25, -0.2) is 4.98 Å². The Labute approximate surface area is 156 Å². The lowest BCUT2D eigenvalue weighted by Gasteiger charge is -2.11. The Morgan fingerprint density at radius 3 is 2.54 bits per heavy atom. The largest absolute Gasteiger partial charge is 0.497 e. The lowest BCUT2D eigenvalue weighted by Crippen LogP contribution is -2.23. The second kappa shape index (κ2) is 7.93. The van der Waals surface area contributed by atoms with Crippen molar-refractivity contribution in [2.45, 2.75) is 6.54 Å². The van der Waals surface area contributed by atoms with Gasteiger partial charge >= 0.3 is 0 Å². The molecule has 1 heterocycles. The van der Waals surface area contributed by atoms with Crippen LogP contribution in [0.25, 0.3) is 5.69 Å². The van der Waals surface area contributed by atoms with Crippen LogP contribution in [0.3, 0.4) is 0 Å². The van der Waals surface area contributed by atoms with E-state index < -0.39 is 0 Å². The zero-order valence-electron chi connectivity index (χ0n) is 14.4. The molecule has 7 heteroatoms. The van der Waals surface area contributed by atoms with Crippen LogP contribution < -0.4 is 20.3 Å². The van der Waals surface area contributed by atoms with Crippen LogP contribution in [-0.2, 0) is 6.54 Å². The molecule has 0 fully saturated rings. The number of halogens is 1. The molecule has 0 bridgehead atoms. The van der Waals surface area contributed by atoms with E-state index in [0.29, 0.717) is 23.0 Å². The van der Waals surface area contributed by atoms with Gasteiger partial charge in [-0.1, -0.05) is 23.7 Å². The fourth-order valence-electron chi connectivity index (χ4n) is 2.47. The van der Waals surface area contributed by atoms with Crippen LogP contribution >= 0.6 is 11.6 Å². The summed E-state index contributed by atoms with van der Waals surface area (Å²) < 4.78 is 11.8. The van der Waals surface area contributed by atoms with Crippen molar-refractivity contribution in [2.24, 2.45) is 0 Å². The molecule has 2 aromatic carbocycles. The van der Waals surface area contributed by atoms with Crippen molar-refractivity contribution < 1.29 is 9.47 Å². The molecular weight excluding hydrogens is 354 g/mol. The number of nitrogens with one attached hydrogen (secondary N) is 1. The highest BCUT2D eigenvalue weighted by atomic mass is 35.5. The van der Waals surface area contributed by atoms with Crippen molar-refractivity contribution in [3.63, 3.8) is 0 Å². The molecule has 0 atom stereocenters. The van der Waals surface area contributed by atoms with E-state index in [9.17, 15) is 4.79 Å². The molecule has 3 aromatic rings. The fourth-order valence-corrected chi connectivity index (χ4v) is 2.72. The van der Waals surface area contributed by atoms with Gasteiger partial charge in [0.15, 0.2) is 5.82 Å². The number of aromatic nitrogens is 2. The van der Waals surface area contributed by atoms with E-state index >= 15 is 0 Å². The topological polar surface area (TPSA) is 65.4 Å². The molecule has 0 unspecified atom stereocenters. The van der Waals surface area contributed by atoms with Gasteiger partial charge in [0, 0.05) is 18.9 Å². The summed E-state index contributed by atoms with van der Waals surface area (Å²) in [6.45, 7) is 0.472. The summed E-state index contributed by atoms with van der Waals surface area (Å²) in [7, 11) is 3.16. The summed E-state index contributed by atoms with van der Waals surface area (Å²) in [5.41, 5.74) is 1.38. The third kappa shape index (κ3) is 3.81. The Bertz CT molecular complexity index is 955. The Hall–Kier alpha value is -2.99. The minimum Gasteiger partial charge on any atom is -0.497 e. The van der Waals surface area contributed by atoms with Gasteiger partial charge in [-0.2, -0.15) is 0 Å². The Balaban J connectivity index is 1.82. The van der Waals surface area contributed by atoms with Crippen LogP contribution in [0.5, 0.6) is 11.5 Å². The first kappa shape index (κ1) is 17.8. The second-order valence-electron chi connectivity index (χ2n) is 5.47. The highest BCUT2D eigenvalue weighted by molar-refractivity contribution is 6.32. The van der Waals surface area contributed by atoms with Gasteiger partial charge in [0.1, 0.15) is 11.5 Å². The van der Waals surface area contributed by atoms with Gasteiger partial charge in [-0.15, -0.1) is 0 Å². The number of hydrogen-bond donors (Lipinski definition) is 1. The van der Waals surface area contributed by atoms with E-state index in [-0.39, 0.29) is 11.4 Å². The van der Waals surface area contributed by atoms with Crippen molar-refractivity contribution in [2.75, 3.05) is 19.5 Å². The lowest BCUT2D eigenvalue weighted by molar-refractivity contribution is 0.414. The molecular formula is C19H18ClN3O3. The Morgan fingerprint density at radius 2 is 1.88 bits per heavy atom. The number of benzene rings is 2. The summed E-state index contributed by atoms with van der Waals surface area (Å²) in [5.74, 6) is 1.59. The number of ether oxygens (including phenoxy) is 2. The summed E-state index contributed by atoms with van der Waals surface area (Å²) in [6, 6.07) is 12.7. The van der Waals surface area contributed by atoms with Gasteiger partial charge in [0.05, 0.1) is 24.9 Å². The normalized spacial score (nSPS) is 10.4. The number of rotatable bonds is 6. The molecule has 6 nitrogen and oxygen atoms in total. The minimum absolute atomic E-state index is 0.259. The molecule has 0 saturated heterocycles. The molecule has 1 N–H and O–H groups in total. The Kier molecular flexibility index (Phi) is 5.43. The molecule has 0 spiro atoms. The van der Waals surface area contributed by atoms with Gasteiger partial charge in [-0.3, -0.25) is 9.36 Å². The first-order chi connectivity index (χ1) is 12.6. The molecule has 3 rings (SSSR count). The second-order valence-corrected chi connectivity index (χ2v) is 5.88. The smallest absolute Gasteiger partial charge is 0.297 e. The highest BCUT2D eigenvalue weighted by Crippen LogP contribution is 2.26. The molecule has 0 saturated carbocycles. The summed E-state index contributed by atoms with van der Waals surface area (Å²) in [6.07, 6.45) is 3.16. The third-order valence-corrected chi connectivity index (χ3v) is 4.17. The van der Waals surface area contributed by atoms with E-state index in [2.05, 4.69) is 10.3 Å². The van der Waals surface area contributed by atoms with Crippen molar-refractivity contribution in [1.29, 1.82) is 0 Å². The van der Waals surface area contributed by atoms with Crippen LogP contribution in [0.15, 0.2) is 59.7 Å². The van der Waals surface area contributed by atoms with Gasteiger partial charge in [0.25, 0.3) is 5.56 Å². The average Bonchev–Trinajstić information content (AvgIpc) is 2.67. The first-order valence-electron chi connectivity index (χ1n) is 7.90. The predicted molar refractivity (Wildman–Crippen MR) is 102 cm³/mol. The van der Waals surface area contributed by atoms with Crippen molar-refractivity contribution in [1.82, 2.24) is 9.55 Å². The zero-order chi connectivity index (χ0) is 18.5. The molecule has 0 aliphatic rings. The molecule has 134 valence electrons. The maximum Gasteiger partial charge on any atom is 0.297 e. The van der Waals surface area contributed by atoms with E-state index in [1.165, 1.54) is 4.57 Å². The van der Waals surface area contributed by atoms with Crippen LogP contribution in [0.2, 0.25) is 5.02 Å². The standard InChI is InChI=1S/C19H18ClN3O3/c1-25-15-6-3-13(4-7-15)12-22-18-19(24)23(10-9-21-18)14-5-8-17(26-2)16(20)11-14/h3-11H,12H2,1-2H3,(H,21,22). The van der Waals surface area contributed by atoms with Crippen LogP contribution in [-0.4, -0.2) is 23.8 Å². The molecule has 0 aliphatic carbocycles. The molecule has 0 amide bonds. The number of methoxy groups -OCH3 is 2. The number of anilines is 1. The quantitative estimate of drug-likeness (QED) is 0.718. The fraction of sp³-hybridized carbons (Fsp3) is 0.158. The van der Waals surface area contributed by atoms with Crippen LogP contribution in [0.1, 0.15) is 5.56 Å². The lowest BCUT2D eigenvalue weighted by atomic mass is 10.2. The van der Waals surface area contributed by atoms with Crippen molar-refractivity contribution in [3.8, 4) is 17.2 Å². The van der Waals surface area contributed by atoms with E-state index in [1.54, 1.807) is 44.8 Å². The molecule has 1 aromatic heterocycles. The van der Waals surface area contributed by atoms with Gasteiger partial charge < -0.3 is 14.8 Å². The SMILES string of the molecule is COc1ccc(CNc2nccn(-c3ccc(OC)c(Cl)c3)c2=O)cc1. The summed E-state index contributed by atoms with van der Waals surface area (Å²) >= 11 is 6.16. The predicted octanol–water partition coefficient (Wildman–Crippen LogP) is 3.52. The van der Waals surface area contributed by atoms with E-state index in [4.69, 9.17) is 21.1 Å². The number of nitrogens with zero attached hydrogens (tertiary/aromatic N) is 2.